The highest BCUT2D eigenvalue weighted by Gasteiger charge is 2.21. The van der Waals surface area contributed by atoms with Crippen molar-refractivity contribution < 1.29 is 14.0 Å². The fourth-order valence-corrected chi connectivity index (χ4v) is 3.02. The number of rotatable bonds is 3. The zero-order chi connectivity index (χ0) is 17.4. The number of nitrogens with one attached hydrogen (secondary N) is 2. The van der Waals surface area contributed by atoms with Crippen molar-refractivity contribution in [2.24, 2.45) is 0 Å². The van der Waals surface area contributed by atoms with E-state index in [4.69, 9.17) is 11.6 Å². The van der Waals surface area contributed by atoms with Crippen LogP contribution in [-0.4, -0.2) is 16.7 Å². The number of aromatic amines is 1. The van der Waals surface area contributed by atoms with Crippen LogP contribution in [0.15, 0.2) is 36.5 Å². The normalized spacial score (nSPS) is 10.8. The van der Waals surface area contributed by atoms with Crippen LogP contribution in [0.4, 0.5) is 10.1 Å². The predicted molar refractivity (Wildman–Crippen MR) is 92.1 cm³/mol. The van der Waals surface area contributed by atoms with Gasteiger partial charge in [0.1, 0.15) is 5.82 Å². The van der Waals surface area contributed by atoms with Gasteiger partial charge in [0.2, 0.25) is 0 Å². The number of benzene rings is 2. The highest BCUT2D eigenvalue weighted by Crippen LogP contribution is 2.28. The van der Waals surface area contributed by atoms with Crippen molar-refractivity contribution in [3.05, 3.63) is 64.1 Å². The van der Waals surface area contributed by atoms with E-state index in [1.807, 2.05) is 13.0 Å². The minimum atomic E-state index is -0.797. The molecule has 0 saturated heterocycles. The van der Waals surface area contributed by atoms with Gasteiger partial charge in [-0.3, -0.25) is 9.59 Å². The summed E-state index contributed by atoms with van der Waals surface area (Å²) in [6.07, 6.45) is 1.40. The van der Waals surface area contributed by atoms with Crippen LogP contribution in [0.2, 0.25) is 5.02 Å². The van der Waals surface area contributed by atoms with E-state index in [0.29, 0.717) is 21.6 Å². The summed E-state index contributed by atoms with van der Waals surface area (Å²) in [7, 11) is 0. The first-order valence-electron chi connectivity index (χ1n) is 7.26. The number of aromatic nitrogens is 1. The third-order valence-corrected chi connectivity index (χ3v) is 4.06. The van der Waals surface area contributed by atoms with E-state index < -0.39 is 17.5 Å². The highest BCUT2D eigenvalue weighted by atomic mass is 35.5. The first-order chi connectivity index (χ1) is 11.4. The van der Waals surface area contributed by atoms with Gasteiger partial charge in [-0.25, -0.2) is 4.39 Å². The number of hydrogen-bond donors (Lipinski definition) is 2. The Morgan fingerprint density at radius 3 is 2.62 bits per heavy atom. The molecule has 1 aromatic heterocycles. The van der Waals surface area contributed by atoms with Crippen molar-refractivity contribution in [1.29, 1.82) is 0 Å². The minimum Gasteiger partial charge on any atom is -0.360 e. The average Bonchev–Trinajstić information content (AvgIpc) is 2.92. The summed E-state index contributed by atoms with van der Waals surface area (Å²) < 4.78 is 13.2. The van der Waals surface area contributed by atoms with Gasteiger partial charge in [-0.05, 0) is 49.2 Å². The molecule has 0 atom stereocenters. The Morgan fingerprint density at radius 1 is 1.17 bits per heavy atom. The number of H-pyrrole nitrogens is 1. The van der Waals surface area contributed by atoms with E-state index in [0.717, 1.165) is 11.1 Å². The van der Waals surface area contributed by atoms with Gasteiger partial charge in [0.15, 0.2) is 0 Å². The first-order valence-corrected chi connectivity index (χ1v) is 7.63. The second-order valence-electron chi connectivity index (χ2n) is 5.61. The maximum atomic E-state index is 13.2. The standard InChI is InChI=1S/C18H14ClFN2O2/c1-9-5-10(2)16(14(19)6-9)22-18(24)17(23)13-8-21-15-7-11(20)3-4-12(13)15/h3-8,21H,1-2H3,(H,22,24). The molecule has 0 radical (unpaired) electrons. The summed E-state index contributed by atoms with van der Waals surface area (Å²) in [5, 5.41) is 3.42. The van der Waals surface area contributed by atoms with Crippen LogP contribution in [0.25, 0.3) is 10.9 Å². The number of amides is 1. The molecular formula is C18H14ClFN2O2. The van der Waals surface area contributed by atoms with Crippen LogP contribution in [0.1, 0.15) is 21.5 Å². The second kappa shape index (κ2) is 6.09. The van der Waals surface area contributed by atoms with Crippen LogP contribution < -0.4 is 5.32 Å². The van der Waals surface area contributed by atoms with Crippen LogP contribution in [0.5, 0.6) is 0 Å². The lowest BCUT2D eigenvalue weighted by atomic mass is 10.1. The van der Waals surface area contributed by atoms with Crippen LogP contribution >= 0.6 is 11.6 Å². The molecule has 122 valence electrons. The van der Waals surface area contributed by atoms with E-state index in [-0.39, 0.29) is 5.56 Å². The first kappa shape index (κ1) is 16.2. The van der Waals surface area contributed by atoms with Gasteiger partial charge in [-0.15, -0.1) is 0 Å². The van der Waals surface area contributed by atoms with Crippen molar-refractivity contribution in [1.82, 2.24) is 4.98 Å². The molecule has 0 spiro atoms. The third-order valence-electron chi connectivity index (χ3n) is 3.76. The Hall–Kier alpha value is -2.66. The third kappa shape index (κ3) is 2.90. The SMILES string of the molecule is Cc1cc(C)c(NC(=O)C(=O)c2c[nH]c3cc(F)ccc23)c(Cl)c1. The Kier molecular flexibility index (Phi) is 4.11. The Bertz CT molecular complexity index is 955. The smallest absolute Gasteiger partial charge is 0.296 e. The van der Waals surface area contributed by atoms with Crippen LogP contribution in [0, 0.1) is 19.7 Å². The van der Waals surface area contributed by atoms with Crippen LogP contribution in [0.3, 0.4) is 0 Å². The van der Waals surface area contributed by atoms with E-state index >= 15 is 0 Å². The predicted octanol–water partition coefficient (Wildman–Crippen LogP) is 4.40. The van der Waals surface area contributed by atoms with E-state index in [9.17, 15) is 14.0 Å². The summed E-state index contributed by atoms with van der Waals surface area (Å²) in [4.78, 5) is 27.5. The zero-order valence-electron chi connectivity index (χ0n) is 13.0. The zero-order valence-corrected chi connectivity index (χ0v) is 13.8. The topological polar surface area (TPSA) is 62.0 Å². The number of Topliss-reactive ketones (excluding diaryl/α,β-unsaturated/α-hetero) is 1. The van der Waals surface area contributed by atoms with Crippen molar-refractivity contribution >= 4 is 39.9 Å². The van der Waals surface area contributed by atoms with Crippen LogP contribution in [-0.2, 0) is 4.79 Å². The molecule has 1 heterocycles. The number of ketones is 1. The second-order valence-corrected chi connectivity index (χ2v) is 6.02. The molecule has 1 amide bonds. The van der Waals surface area contributed by atoms with Crippen molar-refractivity contribution in [3.8, 4) is 0 Å². The summed E-state index contributed by atoms with van der Waals surface area (Å²) in [5.41, 5.74) is 2.77. The number of aryl methyl sites for hydroxylation is 2. The molecule has 4 nitrogen and oxygen atoms in total. The molecule has 2 aromatic carbocycles. The number of carbonyl (C=O) groups excluding carboxylic acids is 2. The quantitative estimate of drug-likeness (QED) is 0.546. The Morgan fingerprint density at radius 2 is 1.92 bits per heavy atom. The lowest BCUT2D eigenvalue weighted by molar-refractivity contribution is -0.112. The molecule has 24 heavy (non-hydrogen) atoms. The Labute approximate surface area is 142 Å². The number of anilines is 1. The number of hydrogen-bond acceptors (Lipinski definition) is 2. The van der Waals surface area contributed by atoms with Gasteiger partial charge in [0.05, 0.1) is 16.3 Å². The molecule has 0 fully saturated rings. The molecule has 3 rings (SSSR count). The van der Waals surface area contributed by atoms with Gasteiger partial charge >= 0.3 is 0 Å². The molecule has 0 aliphatic carbocycles. The van der Waals surface area contributed by atoms with Gasteiger partial charge in [0.25, 0.3) is 11.7 Å². The van der Waals surface area contributed by atoms with Crippen molar-refractivity contribution in [2.75, 3.05) is 5.32 Å². The highest BCUT2D eigenvalue weighted by molar-refractivity contribution is 6.49. The lowest BCUT2D eigenvalue weighted by Gasteiger charge is -2.10. The maximum absolute atomic E-state index is 13.2. The van der Waals surface area contributed by atoms with Gasteiger partial charge in [-0.2, -0.15) is 0 Å². The van der Waals surface area contributed by atoms with Crippen molar-refractivity contribution in [3.63, 3.8) is 0 Å². The van der Waals surface area contributed by atoms with Gasteiger partial charge in [0, 0.05) is 17.1 Å². The van der Waals surface area contributed by atoms with E-state index in [1.54, 1.807) is 13.0 Å². The molecule has 0 aliphatic rings. The van der Waals surface area contributed by atoms with Crippen molar-refractivity contribution in [2.45, 2.75) is 13.8 Å². The molecule has 3 aromatic rings. The molecule has 0 bridgehead atoms. The summed E-state index contributed by atoms with van der Waals surface area (Å²) in [5.74, 6) is -1.94. The lowest BCUT2D eigenvalue weighted by Crippen LogP contribution is -2.23. The van der Waals surface area contributed by atoms with Gasteiger partial charge in [-0.1, -0.05) is 17.7 Å². The van der Waals surface area contributed by atoms with Gasteiger partial charge < -0.3 is 10.3 Å². The van der Waals surface area contributed by atoms with E-state index in [2.05, 4.69) is 10.3 Å². The average molecular weight is 345 g/mol. The largest absolute Gasteiger partial charge is 0.360 e. The number of halogens is 2. The molecule has 2 N–H and O–H groups in total. The molecule has 6 heteroatoms. The fraction of sp³-hybridized carbons (Fsp3) is 0.111. The summed E-state index contributed by atoms with van der Waals surface area (Å²) >= 11 is 6.15. The molecule has 0 aliphatic heterocycles. The molecule has 0 unspecified atom stereocenters. The summed E-state index contributed by atoms with van der Waals surface area (Å²) in [6.45, 7) is 3.69. The monoisotopic (exact) mass is 344 g/mol. The fourth-order valence-electron chi connectivity index (χ4n) is 2.65. The molecular weight excluding hydrogens is 331 g/mol. The Balaban J connectivity index is 1.91. The molecule has 0 saturated carbocycles. The number of carbonyl (C=O) groups is 2. The minimum absolute atomic E-state index is 0.184. The maximum Gasteiger partial charge on any atom is 0.296 e. The number of fused-ring (bicyclic) bond motifs is 1. The van der Waals surface area contributed by atoms with E-state index in [1.165, 1.54) is 24.4 Å². The summed E-state index contributed by atoms with van der Waals surface area (Å²) in [6, 6.07) is 7.55.